The van der Waals surface area contributed by atoms with E-state index < -0.39 is 36.2 Å². The zero-order valence-corrected chi connectivity index (χ0v) is 16.9. The SMILES string of the molecule is N[C@@H](CCCC[N+]1=C2NC(NCCC[C@H](N)C(=O)O)=N[C@@H]2C[C@H](O)[C@H](O)C1)C(=O)O. The van der Waals surface area contributed by atoms with Crippen molar-refractivity contribution in [3.8, 4) is 0 Å². The average molecular weight is 429 g/mol. The van der Waals surface area contributed by atoms with Crippen molar-refractivity contribution < 1.29 is 34.6 Å². The molecule has 12 nitrogen and oxygen atoms in total. The molecule has 0 amide bonds. The van der Waals surface area contributed by atoms with Crippen LogP contribution in [-0.4, -0.2) is 98.7 Å². The van der Waals surface area contributed by atoms with E-state index in [-0.39, 0.29) is 19.0 Å². The van der Waals surface area contributed by atoms with Crippen LogP contribution in [0, 0.1) is 0 Å². The molecule has 170 valence electrons. The van der Waals surface area contributed by atoms with Gasteiger partial charge in [-0.15, -0.1) is 0 Å². The fourth-order valence-corrected chi connectivity index (χ4v) is 3.48. The van der Waals surface area contributed by atoms with Gasteiger partial charge < -0.3 is 37.2 Å². The highest BCUT2D eigenvalue weighted by Gasteiger charge is 2.40. The number of carbonyl (C=O) groups is 2. The number of guanidine groups is 1. The van der Waals surface area contributed by atoms with Crippen molar-refractivity contribution in [3.05, 3.63) is 0 Å². The number of unbranched alkanes of at least 4 members (excludes halogenated alkanes) is 1. The van der Waals surface area contributed by atoms with Crippen LogP contribution in [0.25, 0.3) is 0 Å². The van der Waals surface area contributed by atoms with Gasteiger partial charge in [0.15, 0.2) is 6.04 Å². The number of fused-ring (bicyclic) bond motifs is 1. The number of aliphatic carboxylic acids is 2. The molecular weight excluding hydrogens is 396 g/mol. The van der Waals surface area contributed by atoms with Crippen molar-refractivity contribution >= 4 is 23.7 Å². The Labute approximate surface area is 174 Å². The van der Waals surface area contributed by atoms with Crippen molar-refractivity contribution in [3.63, 3.8) is 0 Å². The Hall–Kier alpha value is -2.28. The molecule has 0 aromatic rings. The summed E-state index contributed by atoms with van der Waals surface area (Å²) in [5.41, 5.74) is 11.0. The van der Waals surface area contributed by atoms with E-state index >= 15 is 0 Å². The highest BCUT2D eigenvalue weighted by atomic mass is 16.4. The molecule has 5 atom stereocenters. The monoisotopic (exact) mass is 429 g/mol. The zero-order chi connectivity index (χ0) is 22.3. The van der Waals surface area contributed by atoms with E-state index in [9.17, 15) is 19.8 Å². The topological polar surface area (TPSA) is 207 Å². The summed E-state index contributed by atoms with van der Waals surface area (Å²) in [5.74, 6) is -0.751. The number of carboxylic acids is 2. The summed E-state index contributed by atoms with van der Waals surface area (Å²) >= 11 is 0. The van der Waals surface area contributed by atoms with Crippen LogP contribution in [0.15, 0.2) is 4.99 Å². The van der Waals surface area contributed by atoms with Gasteiger partial charge >= 0.3 is 11.9 Å². The van der Waals surface area contributed by atoms with E-state index in [1.165, 1.54) is 0 Å². The van der Waals surface area contributed by atoms with Crippen LogP contribution in [0.3, 0.4) is 0 Å². The minimum absolute atomic E-state index is 0.237. The van der Waals surface area contributed by atoms with E-state index in [0.29, 0.717) is 51.2 Å². The molecule has 10 N–H and O–H groups in total. The summed E-state index contributed by atoms with van der Waals surface area (Å²) in [6.07, 6.45) is 1.02. The Morgan fingerprint density at radius 2 is 1.73 bits per heavy atom. The number of aliphatic imine (C=N–C) groups is 1. The van der Waals surface area contributed by atoms with Crippen molar-refractivity contribution in [1.82, 2.24) is 10.6 Å². The van der Waals surface area contributed by atoms with Gasteiger partial charge in [-0.05, 0) is 32.1 Å². The number of hydrogen-bond acceptors (Lipinski definition) is 9. The quantitative estimate of drug-likeness (QED) is 0.125. The third-order valence-corrected chi connectivity index (χ3v) is 5.32. The molecule has 12 heteroatoms. The highest BCUT2D eigenvalue weighted by molar-refractivity contribution is 6.05. The lowest BCUT2D eigenvalue weighted by atomic mass is 10.1. The second-order valence-corrected chi connectivity index (χ2v) is 7.77. The van der Waals surface area contributed by atoms with Gasteiger partial charge in [0, 0.05) is 13.0 Å². The first-order valence-electron chi connectivity index (χ1n) is 10.2. The summed E-state index contributed by atoms with van der Waals surface area (Å²) in [7, 11) is 0. The maximum absolute atomic E-state index is 10.8. The minimum atomic E-state index is -1.03. The van der Waals surface area contributed by atoms with Crippen molar-refractivity contribution in [2.45, 2.75) is 68.9 Å². The van der Waals surface area contributed by atoms with Gasteiger partial charge in [0.25, 0.3) is 11.8 Å². The van der Waals surface area contributed by atoms with Crippen LogP contribution in [0.4, 0.5) is 0 Å². The van der Waals surface area contributed by atoms with Gasteiger partial charge in [0.2, 0.25) is 0 Å². The largest absolute Gasteiger partial charge is 0.480 e. The van der Waals surface area contributed by atoms with Crippen molar-refractivity contribution in [2.24, 2.45) is 16.5 Å². The Morgan fingerprint density at radius 1 is 1.10 bits per heavy atom. The van der Waals surface area contributed by atoms with Gasteiger partial charge in [0.1, 0.15) is 24.7 Å². The molecular formula is C18H33N6O6+. The fraction of sp³-hybridized carbons (Fsp3) is 0.778. The lowest BCUT2D eigenvalue weighted by Gasteiger charge is -2.15. The predicted octanol–water partition coefficient (Wildman–Crippen LogP) is -2.79. The second kappa shape index (κ2) is 11.2. The number of β-amino-alcohol motifs (C(OH)–C–C–N with tert-alkyl or cyclic N) is 1. The first-order chi connectivity index (χ1) is 14.2. The molecule has 0 fully saturated rings. The molecule has 0 radical (unpaired) electrons. The van der Waals surface area contributed by atoms with Crippen molar-refractivity contribution in [1.29, 1.82) is 0 Å². The molecule has 30 heavy (non-hydrogen) atoms. The Bertz CT molecular complexity index is 684. The Kier molecular flexibility index (Phi) is 8.96. The van der Waals surface area contributed by atoms with Crippen molar-refractivity contribution in [2.75, 3.05) is 19.6 Å². The smallest absolute Gasteiger partial charge is 0.320 e. The van der Waals surface area contributed by atoms with E-state index in [2.05, 4.69) is 15.6 Å². The van der Waals surface area contributed by atoms with Crippen LogP contribution in [0.1, 0.15) is 38.5 Å². The third-order valence-electron chi connectivity index (χ3n) is 5.32. The predicted molar refractivity (Wildman–Crippen MR) is 108 cm³/mol. The Morgan fingerprint density at radius 3 is 2.37 bits per heavy atom. The first-order valence-corrected chi connectivity index (χ1v) is 10.2. The van der Waals surface area contributed by atoms with Gasteiger partial charge in [-0.1, -0.05) is 0 Å². The van der Waals surface area contributed by atoms with Gasteiger partial charge in [0.05, 0.1) is 12.6 Å². The molecule has 0 bridgehead atoms. The molecule has 2 heterocycles. The molecule has 0 spiro atoms. The number of nitrogens with one attached hydrogen (secondary N) is 2. The molecule has 2 aliphatic heterocycles. The molecule has 0 saturated heterocycles. The van der Waals surface area contributed by atoms with Crippen LogP contribution < -0.4 is 22.1 Å². The number of aliphatic hydroxyl groups excluding tert-OH is 2. The summed E-state index contributed by atoms with van der Waals surface area (Å²) in [6, 6.07) is -2.12. The number of carboxylic acid groups (broad SMARTS) is 2. The highest BCUT2D eigenvalue weighted by Crippen LogP contribution is 2.16. The number of aliphatic hydroxyl groups is 2. The standard InChI is InChI=1S/C18H32N6O6/c19-10(16(27)28)4-1-2-7-24-9-14(26)13(25)8-12-15(24)23-18(22-12)21-6-3-5-11(20)17(29)30/h10-14,25-26H,1-9,19-20H2,(H3,21,22,27,28,29,30)/p+1/t10-,11-,12+,13-,14+/m0/s1. The molecule has 0 unspecified atom stereocenters. The van der Waals surface area contributed by atoms with E-state index in [0.717, 1.165) is 5.84 Å². The molecule has 0 aromatic carbocycles. The number of nitrogens with zero attached hydrogens (tertiary/aromatic N) is 2. The van der Waals surface area contributed by atoms with Crippen LogP contribution in [0.5, 0.6) is 0 Å². The second-order valence-electron chi connectivity index (χ2n) is 7.77. The van der Waals surface area contributed by atoms with Crippen LogP contribution >= 0.6 is 0 Å². The summed E-state index contributed by atoms with van der Waals surface area (Å²) in [6.45, 7) is 1.29. The van der Waals surface area contributed by atoms with E-state index in [4.69, 9.17) is 21.7 Å². The molecule has 0 aromatic heterocycles. The third kappa shape index (κ3) is 6.90. The summed E-state index contributed by atoms with van der Waals surface area (Å²) < 4.78 is 1.93. The van der Waals surface area contributed by atoms with E-state index in [1.807, 2.05) is 4.58 Å². The maximum Gasteiger partial charge on any atom is 0.320 e. The van der Waals surface area contributed by atoms with Gasteiger partial charge in [-0.2, -0.15) is 0 Å². The molecule has 2 aliphatic rings. The lowest BCUT2D eigenvalue weighted by Crippen LogP contribution is -2.43. The lowest BCUT2D eigenvalue weighted by molar-refractivity contribution is -0.539. The van der Waals surface area contributed by atoms with Crippen LogP contribution in [0.2, 0.25) is 0 Å². The normalized spacial score (nSPS) is 25.6. The number of amidine groups is 1. The summed E-state index contributed by atoms with van der Waals surface area (Å²) in [5, 5.41) is 44.3. The van der Waals surface area contributed by atoms with Gasteiger partial charge in [-0.3, -0.25) is 14.2 Å². The Balaban J connectivity index is 1.91. The number of nitrogens with two attached hydrogens (primary N) is 2. The van der Waals surface area contributed by atoms with Gasteiger partial charge in [-0.25, -0.2) is 10.3 Å². The molecule has 0 aliphatic carbocycles. The average Bonchev–Trinajstić information content (AvgIpc) is 3.04. The maximum atomic E-state index is 10.8. The number of hydrogen-bond donors (Lipinski definition) is 8. The molecule has 0 saturated carbocycles. The van der Waals surface area contributed by atoms with E-state index in [1.54, 1.807) is 0 Å². The summed E-state index contributed by atoms with van der Waals surface area (Å²) in [4.78, 5) is 26.1. The first kappa shape index (κ1) is 24.0. The van der Waals surface area contributed by atoms with Crippen LogP contribution in [-0.2, 0) is 9.59 Å². The number of rotatable bonds is 11. The minimum Gasteiger partial charge on any atom is -0.480 e. The fourth-order valence-electron chi connectivity index (χ4n) is 3.48. The molecule has 2 rings (SSSR count). The zero-order valence-electron chi connectivity index (χ0n) is 16.9.